The van der Waals surface area contributed by atoms with Gasteiger partial charge in [0.2, 0.25) is 0 Å². The highest BCUT2D eigenvalue weighted by Gasteiger charge is 2.18. The normalized spacial score (nSPS) is 15.2. The van der Waals surface area contributed by atoms with E-state index in [0.717, 1.165) is 11.4 Å². The molecule has 0 spiro atoms. The van der Waals surface area contributed by atoms with Gasteiger partial charge in [-0.15, -0.1) is 5.10 Å². The smallest absolute Gasteiger partial charge is 0.0964 e. The standard InChI is InChI=1S/C9H18N4OS/c1-9(14,7-15-3)6-10-4-8-5-13(2)12-11-8/h5,10,14H,4,6-7H2,1-3H3. The number of nitrogens with zero attached hydrogens (tertiary/aromatic N) is 3. The fourth-order valence-electron chi connectivity index (χ4n) is 1.30. The van der Waals surface area contributed by atoms with Crippen molar-refractivity contribution < 1.29 is 5.11 Å². The summed E-state index contributed by atoms with van der Waals surface area (Å²) >= 11 is 1.64. The zero-order valence-corrected chi connectivity index (χ0v) is 10.2. The lowest BCUT2D eigenvalue weighted by Crippen LogP contribution is -2.39. The van der Waals surface area contributed by atoms with E-state index in [-0.39, 0.29) is 0 Å². The van der Waals surface area contributed by atoms with Crippen LogP contribution in [0.2, 0.25) is 0 Å². The van der Waals surface area contributed by atoms with Gasteiger partial charge in [0.05, 0.1) is 11.3 Å². The average Bonchev–Trinajstić information content (AvgIpc) is 2.51. The van der Waals surface area contributed by atoms with Crippen molar-refractivity contribution in [3.05, 3.63) is 11.9 Å². The average molecular weight is 230 g/mol. The number of hydrogen-bond acceptors (Lipinski definition) is 5. The monoisotopic (exact) mass is 230 g/mol. The van der Waals surface area contributed by atoms with Gasteiger partial charge in [0.15, 0.2) is 0 Å². The third kappa shape index (κ3) is 4.63. The highest BCUT2D eigenvalue weighted by atomic mass is 32.2. The van der Waals surface area contributed by atoms with Crippen LogP contribution in [0.1, 0.15) is 12.6 Å². The Labute approximate surface area is 94.2 Å². The maximum Gasteiger partial charge on any atom is 0.0964 e. The van der Waals surface area contributed by atoms with Crippen LogP contribution in [0.15, 0.2) is 6.20 Å². The Kier molecular flexibility index (Phi) is 4.56. The molecule has 1 atom stereocenters. The molecule has 0 bridgehead atoms. The number of aryl methyl sites for hydroxylation is 1. The van der Waals surface area contributed by atoms with Crippen molar-refractivity contribution in [1.82, 2.24) is 20.3 Å². The first kappa shape index (κ1) is 12.5. The largest absolute Gasteiger partial charge is 0.388 e. The van der Waals surface area contributed by atoms with Crippen LogP contribution in [0.4, 0.5) is 0 Å². The van der Waals surface area contributed by atoms with Crippen molar-refractivity contribution in [2.75, 3.05) is 18.6 Å². The number of nitrogens with one attached hydrogen (secondary N) is 1. The molecule has 1 heterocycles. The SMILES string of the molecule is CSCC(C)(O)CNCc1cn(C)nn1. The van der Waals surface area contributed by atoms with Crippen molar-refractivity contribution in [1.29, 1.82) is 0 Å². The number of hydrogen-bond donors (Lipinski definition) is 2. The molecule has 5 nitrogen and oxygen atoms in total. The van der Waals surface area contributed by atoms with Crippen molar-refractivity contribution >= 4 is 11.8 Å². The van der Waals surface area contributed by atoms with E-state index in [1.54, 1.807) is 16.4 Å². The Morgan fingerprint density at radius 2 is 2.40 bits per heavy atom. The first-order chi connectivity index (χ1) is 7.03. The quantitative estimate of drug-likeness (QED) is 0.721. The lowest BCUT2D eigenvalue weighted by Gasteiger charge is -2.22. The summed E-state index contributed by atoms with van der Waals surface area (Å²) in [7, 11) is 1.83. The second-order valence-corrected chi connectivity index (χ2v) is 4.78. The Morgan fingerprint density at radius 3 is 2.93 bits per heavy atom. The number of thioether (sulfide) groups is 1. The van der Waals surface area contributed by atoms with Gasteiger partial charge in [-0.25, -0.2) is 0 Å². The fraction of sp³-hybridized carbons (Fsp3) is 0.778. The summed E-state index contributed by atoms with van der Waals surface area (Å²) < 4.78 is 1.66. The topological polar surface area (TPSA) is 63.0 Å². The van der Waals surface area contributed by atoms with Crippen LogP contribution in [0, 0.1) is 0 Å². The van der Waals surface area contributed by atoms with E-state index in [1.165, 1.54) is 0 Å². The molecule has 15 heavy (non-hydrogen) atoms. The van der Waals surface area contributed by atoms with Crippen LogP contribution in [-0.2, 0) is 13.6 Å². The van der Waals surface area contributed by atoms with Crippen molar-refractivity contribution in [2.24, 2.45) is 7.05 Å². The van der Waals surface area contributed by atoms with Crippen molar-refractivity contribution in [2.45, 2.75) is 19.1 Å². The summed E-state index contributed by atoms with van der Waals surface area (Å²) in [5.41, 5.74) is 0.221. The van der Waals surface area contributed by atoms with E-state index in [4.69, 9.17) is 0 Å². The van der Waals surface area contributed by atoms with E-state index >= 15 is 0 Å². The molecule has 0 saturated carbocycles. The van der Waals surface area contributed by atoms with Crippen molar-refractivity contribution in [3.8, 4) is 0 Å². The zero-order valence-electron chi connectivity index (χ0n) is 9.40. The van der Waals surface area contributed by atoms with E-state index in [0.29, 0.717) is 13.1 Å². The summed E-state index contributed by atoms with van der Waals surface area (Å²) in [6.45, 7) is 3.02. The van der Waals surface area contributed by atoms with Crippen LogP contribution in [0.5, 0.6) is 0 Å². The predicted molar refractivity (Wildman–Crippen MR) is 61.7 cm³/mol. The van der Waals surface area contributed by atoms with Gasteiger partial charge < -0.3 is 10.4 Å². The third-order valence-corrected chi connectivity index (χ3v) is 2.83. The van der Waals surface area contributed by atoms with E-state index in [9.17, 15) is 5.11 Å². The zero-order chi connectivity index (χ0) is 11.3. The number of aromatic nitrogens is 3. The van der Waals surface area contributed by atoms with Gasteiger partial charge in [0, 0.05) is 32.1 Å². The first-order valence-corrected chi connectivity index (χ1v) is 6.20. The molecule has 0 aromatic carbocycles. The Hall–Kier alpha value is -0.590. The summed E-state index contributed by atoms with van der Waals surface area (Å²) in [5, 5.41) is 20.8. The lowest BCUT2D eigenvalue weighted by molar-refractivity contribution is 0.0845. The van der Waals surface area contributed by atoms with Crippen LogP contribution < -0.4 is 5.32 Å². The Balaban J connectivity index is 2.27. The number of aliphatic hydroxyl groups is 1. The molecular weight excluding hydrogens is 212 g/mol. The highest BCUT2D eigenvalue weighted by molar-refractivity contribution is 7.98. The van der Waals surface area contributed by atoms with E-state index in [2.05, 4.69) is 15.6 Å². The van der Waals surface area contributed by atoms with E-state index < -0.39 is 5.60 Å². The molecule has 6 heteroatoms. The van der Waals surface area contributed by atoms with Gasteiger partial charge in [-0.1, -0.05) is 5.21 Å². The molecule has 1 aromatic heterocycles. The molecule has 0 aliphatic rings. The molecule has 1 aromatic rings. The maximum atomic E-state index is 9.87. The first-order valence-electron chi connectivity index (χ1n) is 4.81. The van der Waals surface area contributed by atoms with Crippen LogP contribution in [-0.4, -0.2) is 44.3 Å². The molecule has 0 aliphatic carbocycles. The minimum atomic E-state index is -0.665. The molecule has 0 amide bonds. The molecule has 0 radical (unpaired) electrons. The second kappa shape index (κ2) is 5.48. The molecule has 0 fully saturated rings. The molecule has 2 N–H and O–H groups in total. The molecule has 0 aliphatic heterocycles. The van der Waals surface area contributed by atoms with Gasteiger partial charge in [-0.3, -0.25) is 4.68 Å². The van der Waals surface area contributed by atoms with Gasteiger partial charge in [0.25, 0.3) is 0 Å². The highest BCUT2D eigenvalue weighted by Crippen LogP contribution is 2.09. The molecule has 1 unspecified atom stereocenters. The minimum Gasteiger partial charge on any atom is -0.388 e. The fourth-order valence-corrected chi connectivity index (χ4v) is 2.02. The number of rotatable bonds is 6. The maximum absolute atomic E-state index is 9.87. The second-order valence-electron chi connectivity index (χ2n) is 3.92. The Bertz CT molecular complexity index is 300. The lowest BCUT2D eigenvalue weighted by atomic mass is 10.1. The molecule has 0 saturated heterocycles. The summed E-state index contributed by atoms with van der Waals surface area (Å²) in [5.74, 6) is 0.723. The van der Waals surface area contributed by atoms with Crippen molar-refractivity contribution in [3.63, 3.8) is 0 Å². The molecular formula is C9H18N4OS. The van der Waals surface area contributed by atoms with E-state index in [1.807, 2.05) is 26.4 Å². The van der Waals surface area contributed by atoms with Crippen LogP contribution >= 0.6 is 11.8 Å². The summed E-state index contributed by atoms with van der Waals surface area (Å²) in [6, 6.07) is 0. The Morgan fingerprint density at radius 1 is 1.67 bits per heavy atom. The predicted octanol–water partition coefficient (Wildman–Crippen LogP) is 0.0187. The minimum absolute atomic E-state index is 0.560. The molecule has 86 valence electrons. The van der Waals surface area contributed by atoms with Gasteiger partial charge in [0.1, 0.15) is 0 Å². The van der Waals surface area contributed by atoms with Crippen LogP contribution in [0.3, 0.4) is 0 Å². The summed E-state index contributed by atoms with van der Waals surface area (Å²) in [4.78, 5) is 0. The van der Waals surface area contributed by atoms with Crippen LogP contribution in [0.25, 0.3) is 0 Å². The molecule has 1 rings (SSSR count). The summed E-state index contributed by atoms with van der Waals surface area (Å²) in [6.07, 6.45) is 3.84. The van der Waals surface area contributed by atoms with Gasteiger partial charge in [-0.2, -0.15) is 11.8 Å². The van der Waals surface area contributed by atoms with Gasteiger partial charge in [-0.05, 0) is 13.2 Å². The van der Waals surface area contributed by atoms with Gasteiger partial charge >= 0.3 is 0 Å². The third-order valence-electron chi connectivity index (χ3n) is 1.92.